The number of pyridine rings is 2. The van der Waals surface area contributed by atoms with Crippen molar-refractivity contribution in [1.29, 1.82) is 0 Å². The summed E-state index contributed by atoms with van der Waals surface area (Å²) in [6.07, 6.45) is -0.102. The summed E-state index contributed by atoms with van der Waals surface area (Å²) >= 11 is 0. The number of nitrogens with zero attached hydrogens (tertiary/aromatic N) is 2. The molecular formula is C32H33FN2O5. The van der Waals surface area contributed by atoms with Gasteiger partial charge in [-0.3, -0.25) is 9.78 Å². The van der Waals surface area contributed by atoms with Gasteiger partial charge in [-0.05, 0) is 88.2 Å². The fraction of sp³-hybridized carbons (Fsp3) is 0.344. The molecule has 2 aromatic heterocycles. The molecule has 0 unspecified atom stereocenters. The van der Waals surface area contributed by atoms with Crippen LogP contribution in [0.5, 0.6) is 5.75 Å². The number of halogens is 1. The zero-order valence-corrected chi connectivity index (χ0v) is 23.6. The number of aliphatic carboxylic acids is 1. The molecule has 8 heteroatoms. The van der Waals surface area contributed by atoms with Crippen LogP contribution in [0.3, 0.4) is 0 Å². The van der Waals surface area contributed by atoms with Crippen molar-refractivity contribution in [2.24, 2.45) is 7.05 Å². The first-order chi connectivity index (χ1) is 18.9. The second-order valence-electron chi connectivity index (χ2n) is 11.3. The molecule has 1 N–H and O–H groups in total. The van der Waals surface area contributed by atoms with Gasteiger partial charge in [0.25, 0.3) is 5.56 Å². The summed E-state index contributed by atoms with van der Waals surface area (Å²) < 4.78 is 28.5. The molecule has 1 aliphatic rings. The summed E-state index contributed by atoms with van der Waals surface area (Å²) in [5.41, 5.74) is 3.71. The van der Waals surface area contributed by atoms with E-state index in [0.717, 1.165) is 28.8 Å². The van der Waals surface area contributed by atoms with Crippen LogP contribution in [0, 0.1) is 19.7 Å². The van der Waals surface area contributed by atoms with Crippen LogP contribution in [0.25, 0.3) is 33.2 Å². The van der Waals surface area contributed by atoms with Crippen molar-refractivity contribution in [2.75, 3.05) is 6.61 Å². The van der Waals surface area contributed by atoms with Gasteiger partial charge in [-0.1, -0.05) is 18.2 Å². The fourth-order valence-electron chi connectivity index (χ4n) is 5.48. The van der Waals surface area contributed by atoms with E-state index in [4.69, 9.17) is 9.47 Å². The molecule has 0 saturated heterocycles. The Bertz CT molecular complexity index is 1720. The first-order valence-corrected chi connectivity index (χ1v) is 13.3. The van der Waals surface area contributed by atoms with Gasteiger partial charge in [0.05, 0.1) is 23.6 Å². The minimum atomic E-state index is -1.48. The molecule has 5 rings (SSSR count). The highest BCUT2D eigenvalue weighted by Crippen LogP contribution is 2.43. The van der Waals surface area contributed by atoms with Gasteiger partial charge in [0.1, 0.15) is 0 Å². The second-order valence-corrected chi connectivity index (χ2v) is 11.3. The van der Waals surface area contributed by atoms with Crippen LogP contribution >= 0.6 is 0 Å². The number of fused-ring (bicyclic) bond motifs is 2. The van der Waals surface area contributed by atoms with E-state index in [1.165, 1.54) is 17.7 Å². The second kappa shape index (κ2) is 10.2. The summed E-state index contributed by atoms with van der Waals surface area (Å²) in [6, 6.07) is 12.5. The Morgan fingerprint density at radius 1 is 1.15 bits per heavy atom. The minimum absolute atomic E-state index is 0.153. The number of hydrogen-bond acceptors (Lipinski definition) is 5. The molecule has 0 amide bonds. The molecule has 0 radical (unpaired) electrons. The van der Waals surface area contributed by atoms with Crippen molar-refractivity contribution in [3.05, 3.63) is 81.2 Å². The van der Waals surface area contributed by atoms with E-state index < -0.39 is 23.5 Å². The van der Waals surface area contributed by atoms with Crippen molar-refractivity contribution in [3.63, 3.8) is 0 Å². The van der Waals surface area contributed by atoms with Crippen molar-refractivity contribution < 1.29 is 23.8 Å². The van der Waals surface area contributed by atoms with Gasteiger partial charge in [-0.2, -0.15) is 0 Å². The zero-order chi connectivity index (χ0) is 28.9. The van der Waals surface area contributed by atoms with Gasteiger partial charge in [0.15, 0.2) is 17.7 Å². The number of ether oxygens (including phenoxy) is 2. The number of aryl methyl sites for hydroxylation is 1. The largest absolute Gasteiger partial charge is 0.490 e. The molecule has 3 heterocycles. The maximum absolute atomic E-state index is 15.5. The average molecular weight is 545 g/mol. The predicted molar refractivity (Wildman–Crippen MR) is 152 cm³/mol. The molecule has 2 aromatic carbocycles. The van der Waals surface area contributed by atoms with E-state index in [0.29, 0.717) is 40.6 Å². The van der Waals surface area contributed by atoms with Gasteiger partial charge in [-0.15, -0.1) is 0 Å². The van der Waals surface area contributed by atoms with Crippen LogP contribution in [0.15, 0.2) is 47.3 Å². The average Bonchev–Trinajstić information content (AvgIpc) is 2.91. The van der Waals surface area contributed by atoms with Crippen molar-refractivity contribution in [2.45, 2.75) is 59.2 Å². The number of carboxylic acids is 1. The lowest BCUT2D eigenvalue weighted by Crippen LogP contribution is -2.33. The molecule has 7 nitrogen and oxygen atoms in total. The first kappa shape index (κ1) is 27.5. The number of aromatic nitrogens is 2. The molecule has 0 fully saturated rings. The highest BCUT2D eigenvalue weighted by atomic mass is 19.1. The monoisotopic (exact) mass is 544 g/mol. The molecule has 0 aliphatic carbocycles. The highest BCUT2D eigenvalue weighted by molar-refractivity contribution is 6.01. The lowest BCUT2D eigenvalue weighted by atomic mass is 9.87. The molecule has 0 spiro atoms. The minimum Gasteiger partial charge on any atom is -0.490 e. The SMILES string of the molecule is Cc1cccc(-c2ccc3c(-c4cc(F)c5c(c4C)CCCO5)c([C@H](OC(C)(C)C)C(=O)O)n(C)c(=O)c3c2)n1. The Kier molecular flexibility index (Phi) is 7.00. The topological polar surface area (TPSA) is 90.7 Å². The van der Waals surface area contributed by atoms with Gasteiger partial charge < -0.3 is 19.1 Å². The third-order valence-electron chi connectivity index (χ3n) is 7.28. The van der Waals surface area contributed by atoms with Crippen LogP contribution in [0.1, 0.15) is 55.8 Å². The third kappa shape index (κ3) is 4.88. The Balaban J connectivity index is 1.90. The standard InChI is InChI=1S/C32H33FN2O5/c1-17-9-7-11-25(34-17)19-12-13-21-23(15-19)30(36)35(6)27(29(31(37)38)40-32(3,4)5)26(21)22-16-24(33)28-20(18(22)2)10-8-14-39-28/h7,9,11-13,15-16,29H,8,10,14H2,1-6H3,(H,37,38)/t29-/m0/s1. The fourth-order valence-corrected chi connectivity index (χ4v) is 5.48. The third-order valence-corrected chi connectivity index (χ3v) is 7.28. The number of carbonyl (C=O) groups is 1. The molecule has 1 atom stereocenters. The Hall–Kier alpha value is -4.04. The summed E-state index contributed by atoms with van der Waals surface area (Å²) in [5, 5.41) is 11.2. The summed E-state index contributed by atoms with van der Waals surface area (Å²) in [7, 11) is 1.54. The lowest BCUT2D eigenvalue weighted by molar-refractivity contribution is -0.161. The number of hydrogen-bond donors (Lipinski definition) is 1. The quantitative estimate of drug-likeness (QED) is 0.318. The van der Waals surface area contributed by atoms with Crippen molar-refractivity contribution >= 4 is 16.7 Å². The van der Waals surface area contributed by atoms with E-state index in [1.807, 2.05) is 38.1 Å². The summed E-state index contributed by atoms with van der Waals surface area (Å²) in [5.74, 6) is -1.53. The van der Waals surface area contributed by atoms with Crippen LogP contribution in [-0.2, 0) is 23.0 Å². The van der Waals surface area contributed by atoms with Crippen molar-refractivity contribution in [3.8, 4) is 28.1 Å². The van der Waals surface area contributed by atoms with E-state index in [2.05, 4.69) is 4.98 Å². The highest BCUT2D eigenvalue weighted by Gasteiger charge is 2.34. The van der Waals surface area contributed by atoms with Gasteiger partial charge in [0.2, 0.25) is 0 Å². The molecule has 208 valence electrons. The first-order valence-electron chi connectivity index (χ1n) is 13.3. The van der Waals surface area contributed by atoms with Crippen LogP contribution in [-0.4, -0.2) is 32.8 Å². The van der Waals surface area contributed by atoms with E-state index in [1.54, 1.807) is 32.9 Å². The maximum Gasteiger partial charge on any atom is 0.339 e. The van der Waals surface area contributed by atoms with Gasteiger partial charge in [-0.25, -0.2) is 9.18 Å². The number of benzene rings is 2. The zero-order valence-electron chi connectivity index (χ0n) is 23.6. The van der Waals surface area contributed by atoms with Crippen LogP contribution in [0.2, 0.25) is 0 Å². The number of carboxylic acid groups (broad SMARTS) is 1. The van der Waals surface area contributed by atoms with E-state index in [9.17, 15) is 14.7 Å². The van der Waals surface area contributed by atoms with Crippen molar-refractivity contribution in [1.82, 2.24) is 9.55 Å². The molecule has 4 aromatic rings. The van der Waals surface area contributed by atoms with Crippen LogP contribution < -0.4 is 10.3 Å². The van der Waals surface area contributed by atoms with E-state index >= 15 is 4.39 Å². The van der Waals surface area contributed by atoms with Gasteiger partial charge in [0, 0.05) is 34.8 Å². The molecule has 1 aliphatic heterocycles. The molecule has 40 heavy (non-hydrogen) atoms. The molecule has 0 saturated carbocycles. The van der Waals surface area contributed by atoms with Gasteiger partial charge >= 0.3 is 5.97 Å². The Morgan fingerprint density at radius 2 is 1.90 bits per heavy atom. The normalized spacial score (nSPS) is 14.1. The maximum atomic E-state index is 15.5. The lowest BCUT2D eigenvalue weighted by Gasteiger charge is -2.29. The predicted octanol–water partition coefficient (Wildman–Crippen LogP) is 6.29. The Labute approximate surface area is 232 Å². The summed E-state index contributed by atoms with van der Waals surface area (Å²) in [4.78, 5) is 31.1. The smallest absolute Gasteiger partial charge is 0.339 e. The van der Waals surface area contributed by atoms with Crippen LogP contribution in [0.4, 0.5) is 4.39 Å². The van der Waals surface area contributed by atoms with E-state index in [-0.39, 0.29) is 17.0 Å². The Morgan fingerprint density at radius 3 is 2.58 bits per heavy atom. The number of rotatable bonds is 5. The summed E-state index contributed by atoms with van der Waals surface area (Å²) in [6.45, 7) is 9.48. The molecular weight excluding hydrogens is 511 g/mol. The molecule has 0 bridgehead atoms.